The van der Waals surface area contributed by atoms with Crippen molar-refractivity contribution in [3.05, 3.63) is 52.2 Å². The zero-order chi connectivity index (χ0) is 20.4. The molecule has 8 heteroatoms. The topological polar surface area (TPSA) is 79.6 Å². The Labute approximate surface area is 180 Å². The van der Waals surface area contributed by atoms with Gasteiger partial charge in [0, 0.05) is 9.72 Å². The molecule has 0 atom stereocenters. The van der Waals surface area contributed by atoms with Gasteiger partial charge in [-0.15, -0.1) is 0 Å². The molecule has 1 aromatic heterocycles. The number of carbonyl (C=O) groups is 3. The van der Waals surface area contributed by atoms with E-state index in [1.165, 1.54) is 38.2 Å². The quantitative estimate of drug-likeness (QED) is 0.490. The number of hydrogen-bond donors (Lipinski definition) is 1. The summed E-state index contributed by atoms with van der Waals surface area (Å²) in [6.45, 7) is 0. The van der Waals surface area contributed by atoms with Crippen molar-refractivity contribution < 1.29 is 18.8 Å². The minimum Gasteiger partial charge on any atom is -0.450 e. The maximum atomic E-state index is 12.9. The van der Waals surface area contributed by atoms with Gasteiger partial charge in [-0.05, 0) is 55.3 Å². The third kappa shape index (κ3) is 4.48. The zero-order valence-corrected chi connectivity index (χ0v) is 17.9. The minimum absolute atomic E-state index is 0.143. The highest BCUT2D eigenvalue weighted by atomic mass is 79.9. The molecule has 29 heavy (non-hydrogen) atoms. The van der Waals surface area contributed by atoms with Gasteiger partial charge in [-0.2, -0.15) is 0 Å². The maximum Gasteiger partial charge on any atom is 0.335 e. The van der Waals surface area contributed by atoms with Crippen LogP contribution in [0.5, 0.6) is 0 Å². The van der Waals surface area contributed by atoms with E-state index < -0.39 is 17.8 Å². The van der Waals surface area contributed by atoms with Crippen LogP contribution in [0.2, 0.25) is 0 Å². The summed E-state index contributed by atoms with van der Waals surface area (Å²) in [5, 5.41) is 3.53. The molecule has 2 aliphatic rings. The van der Waals surface area contributed by atoms with Crippen LogP contribution in [0.3, 0.4) is 0 Å². The molecule has 1 saturated carbocycles. The Morgan fingerprint density at radius 3 is 2.48 bits per heavy atom. The molecule has 0 bridgehead atoms. The van der Waals surface area contributed by atoms with Gasteiger partial charge in [0.1, 0.15) is 11.3 Å². The summed E-state index contributed by atoms with van der Waals surface area (Å²) in [5.74, 6) is -1.00. The summed E-state index contributed by atoms with van der Waals surface area (Å²) in [6.07, 6.45) is 7.51. The molecular weight excluding hydrogens is 456 g/mol. The van der Waals surface area contributed by atoms with Crippen molar-refractivity contribution in [3.8, 4) is 0 Å². The number of benzene rings is 1. The van der Waals surface area contributed by atoms with Gasteiger partial charge in [0.15, 0.2) is 5.09 Å². The molecule has 0 spiro atoms. The number of urea groups is 1. The molecule has 0 radical (unpaired) electrons. The minimum atomic E-state index is -0.771. The summed E-state index contributed by atoms with van der Waals surface area (Å²) in [7, 11) is 0. The summed E-state index contributed by atoms with van der Waals surface area (Å²) in [5.41, 5.74) is 0.234. The number of nitrogens with zero attached hydrogens (tertiary/aromatic N) is 1. The molecule has 1 N–H and O–H groups in total. The molecule has 2 aromatic rings. The van der Waals surface area contributed by atoms with Gasteiger partial charge in [0.05, 0.1) is 5.69 Å². The first-order valence-corrected chi connectivity index (χ1v) is 11.1. The fraction of sp³-hybridized carbons (Fsp3) is 0.286. The van der Waals surface area contributed by atoms with E-state index in [2.05, 4.69) is 21.2 Å². The SMILES string of the molecule is O=C1NC(=O)N(c2ccc(Br)cc2)C(=O)/C1=C\c1ccc(SC2CCCCC2)o1. The monoisotopic (exact) mass is 474 g/mol. The molecule has 2 fully saturated rings. The predicted molar refractivity (Wildman–Crippen MR) is 115 cm³/mol. The van der Waals surface area contributed by atoms with Crippen molar-refractivity contribution in [2.45, 2.75) is 42.4 Å². The average Bonchev–Trinajstić information content (AvgIpc) is 3.14. The number of nitrogens with one attached hydrogen (secondary N) is 1. The lowest BCUT2D eigenvalue weighted by atomic mass is 10.0. The molecule has 1 aliphatic heterocycles. The molecule has 1 saturated heterocycles. The number of hydrogen-bond acceptors (Lipinski definition) is 5. The van der Waals surface area contributed by atoms with Crippen LogP contribution in [0.4, 0.5) is 10.5 Å². The predicted octanol–water partition coefficient (Wildman–Crippen LogP) is 5.13. The number of thioether (sulfide) groups is 1. The van der Waals surface area contributed by atoms with Crippen LogP contribution in [-0.4, -0.2) is 23.1 Å². The molecule has 150 valence electrons. The molecule has 1 aliphatic carbocycles. The first-order chi connectivity index (χ1) is 14.0. The second-order valence-electron chi connectivity index (χ2n) is 6.97. The van der Waals surface area contributed by atoms with Gasteiger partial charge in [-0.3, -0.25) is 14.9 Å². The van der Waals surface area contributed by atoms with Crippen molar-refractivity contribution in [2.75, 3.05) is 4.90 Å². The number of anilines is 1. The first-order valence-electron chi connectivity index (χ1n) is 9.45. The molecule has 4 amide bonds. The number of imide groups is 2. The lowest BCUT2D eigenvalue weighted by Gasteiger charge is -2.26. The average molecular weight is 475 g/mol. The van der Waals surface area contributed by atoms with Gasteiger partial charge in [-0.1, -0.05) is 47.0 Å². The van der Waals surface area contributed by atoms with Gasteiger partial charge in [-0.25, -0.2) is 9.69 Å². The van der Waals surface area contributed by atoms with E-state index in [9.17, 15) is 14.4 Å². The Hall–Kier alpha value is -2.32. The largest absolute Gasteiger partial charge is 0.450 e. The molecule has 4 rings (SSSR count). The lowest BCUT2D eigenvalue weighted by Crippen LogP contribution is -2.54. The van der Waals surface area contributed by atoms with Crippen molar-refractivity contribution in [1.29, 1.82) is 0 Å². The Bertz CT molecular complexity index is 977. The molecule has 0 unspecified atom stereocenters. The highest BCUT2D eigenvalue weighted by Crippen LogP contribution is 2.35. The molecule has 6 nitrogen and oxygen atoms in total. The van der Waals surface area contributed by atoms with E-state index in [0.29, 0.717) is 16.7 Å². The number of rotatable bonds is 4. The highest BCUT2D eigenvalue weighted by Gasteiger charge is 2.37. The Balaban J connectivity index is 1.55. The number of halogens is 1. The fourth-order valence-electron chi connectivity index (χ4n) is 3.45. The summed E-state index contributed by atoms with van der Waals surface area (Å²) < 4.78 is 6.63. The van der Waals surface area contributed by atoms with Crippen molar-refractivity contribution >= 4 is 57.3 Å². The van der Waals surface area contributed by atoms with E-state index in [1.807, 2.05) is 6.07 Å². The molecule has 2 heterocycles. The van der Waals surface area contributed by atoms with E-state index in [4.69, 9.17) is 4.42 Å². The third-order valence-electron chi connectivity index (χ3n) is 4.91. The zero-order valence-electron chi connectivity index (χ0n) is 15.5. The lowest BCUT2D eigenvalue weighted by molar-refractivity contribution is -0.122. The highest BCUT2D eigenvalue weighted by molar-refractivity contribution is 9.10. The maximum absolute atomic E-state index is 12.9. The van der Waals surface area contributed by atoms with Crippen molar-refractivity contribution in [3.63, 3.8) is 0 Å². The summed E-state index contributed by atoms with van der Waals surface area (Å²) >= 11 is 5.02. The smallest absolute Gasteiger partial charge is 0.335 e. The second kappa shape index (κ2) is 8.59. The van der Waals surface area contributed by atoms with Gasteiger partial charge < -0.3 is 4.42 Å². The van der Waals surface area contributed by atoms with Crippen LogP contribution in [0, 0.1) is 0 Å². The van der Waals surface area contributed by atoms with Gasteiger partial charge >= 0.3 is 6.03 Å². The molecule has 1 aromatic carbocycles. The number of carbonyl (C=O) groups excluding carboxylic acids is 3. The summed E-state index contributed by atoms with van der Waals surface area (Å²) in [6, 6.07) is 9.51. The summed E-state index contributed by atoms with van der Waals surface area (Å²) in [4.78, 5) is 38.3. The van der Waals surface area contributed by atoms with E-state index in [-0.39, 0.29) is 5.57 Å². The normalized spacial score (nSPS) is 19.7. The van der Waals surface area contributed by atoms with Crippen LogP contribution < -0.4 is 10.2 Å². The standard InChI is InChI=1S/C21H19BrN2O4S/c22-13-6-8-14(9-7-13)24-20(26)17(19(25)23-21(24)27)12-15-10-11-18(28-15)29-16-4-2-1-3-5-16/h6-12,16H,1-5H2,(H,23,25,27)/b17-12-. The van der Waals surface area contributed by atoms with Crippen LogP contribution >= 0.6 is 27.7 Å². The number of amides is 4. The van der Waals surface area contributed by atoms with Crippen LogP contribution in [0.25, 0.3) is 6.08 Å². The fourth-order valence-corrected chi connectivity index (χ4v) is 4.90. The first kappa shape index (κ1) is 20.0. The molecular formula is C21H19BrN2O4S. The van der Waals surface area contributed by atoms with Gasteiger partial charge in [0.2, 0.25) is 0 Å². The Morgan fingerprint density at radius 2 is 1.76 bits per heavy atom. The van der Waals surface area contributed by atoms with E-state index in [1.54, 1.807) is 42.1 Å². The third-order valence-corrected chi connectivity index (χ3v) is 6.70. The van der Waals surface area contributed by atoms with Crippen LogP contribution in [0.1, 0.15) is 37.9 Å². The van der Waals surface area contributed by atoms with Gasteiger partial charge in [0.25, 0.3) is 11.8 Å². The van der Waals surface area contributed by atoms with Crippen LogP contribution in [0.15, 0.2) is 56.0 Å². The van der Waals surface area contributed by atoms with Crippen molar-refractivity contribution in [2.24, 2.45) is 0 Å². The Kier molecular flexibility index (Phi) is 5.91. The van der Waals surface area contributed by atoms with E-state index in [0.717, 1.165) is 14.5 Å². The second-order valence-corrected chi connectivity index (χ2v) is 9.19. The van der Waals surface area contributed by atoms with Crippen LogP contribution in [-0.2, 0) is 9.59 Å². The van der Waals surface area contributed by atoms with Crippen molar-refractivity contribution in [1.82, 2.24) is 5.32 Å². The number of barbiturate groups is 1. The number of furan rings is 1. The Morgan fingerprint density at radius 1 is 1.03 bits per heavy atom. The van der Waals surface area contributed by atoms with E-state index >= 15 is 0 Å².